The van der Waals surface area contributed by atoms with Gasteiger partial charge in [-0.25, -0.2) is 0 Å². The highest BCUT2D eigenvalue weighted by Gasteiger charge is 2.26. The first-order valence-electron chi connectivity index (χ1n) is 5.35. The van der Waals surface area contributed by atoms with Crippen LogP contribution >= 0.6 is 0 Å². The van der Waals surface area contributed by atoms with E-state index in [0.717, 1.165) is 13.0 Å². The second-order valence-electron chi connectivity index (χ2n) is 4.13. The molecule has 3 atom stereocenters. The van der Waals surface area contributed by atoms with Crippen molar-refractivity contribution in [2.24, 2.45) is 11.7 Å². The smallest absolute Gasteiger partial charge is 0.0110 e. The molecule has 1 aliphatic rings. The third-order valence-electron chi connectivity index (χ3n) is 2.98. The Kier molecular flexibility index (Phi) is 4.46. The Morgan fingerprint density at radius 3 is 3.00 bits per heavy atom. The van der Waals surface area contributed by atoms with Crippen LogP contribution in [0.15, 0.2) is 12.7 Å². The standard InChI is InChI=1S/C11H22N2/c1-3-5-9(2)13-11-7-4-6-10(11)8-12/h3,9-11,13H,1,4-8,12H2,2H3. The molecule has 0 saturated heterocycles. The molecule has 0 aromatic carbocycles. The maximum Gasteiger partial charge on any atom is 0.0110 e. The minimum absolute atomic E-state index is 0.551. The summed E-state index contributed by atoms with van der Waals surface area (Å²) in [6.45, 7) is 6.80. The second kappa shape index (κ2) is 5.40. The molecule has 0 amide bonds. The van der Waals surface area contributed by atoms with Gasteiger partial charge in [-0.05, 0) is 38.6 Å². The number of hydrogen-bond donors (Lipinski definition) is 2. The van der Waals surface area contributed by atoms with Crippen molar-refractivity contribution in [1.82, 2.24) is 5.32 Å². The Hall–Kier alpha value is -0.340. The van der Waals surface area contributed by atoms with Gasteiger partial charge in [-0.2, -0.15) is 0 Å². The van der Waals surface area contributed by atoms with Crippen LogP contribution in [-0.2, 0) is 0 Å². The van der Waals surface area contributed by atoms with Crippen LogP contribution in [0.4, 0.5) is 0 Å². The highest BCUT2D eigenvalue weighted by atomic mass is 15.0. The van der Waals surface area contributed by atoms with Crippen molar-refractivity contribution in [2.75, 3.05) is 6.54 Å². The van der Waals surface area contributed by atoms with E-state index in [1.807, 2.05) is 6.08 Å². The molecule has 3 N–H and O–H groups in total. The molecule has 0 aromatic heterocycles. The summed E-state index contributed by atoms with van der Waals surface area (Å²) in [5.74, 6) is 0.701. The van der Waals surface area contributed by atoms with Gasteiger partial charge in [0.2, 0.25) is 0 Å². The number of nitrogens with one attached hydrogen (secondary N) is 1. The van der Waals surface area contributed by atoms with E-state index in [9.17, 15) is 0 Å². The van der Waals surface area contributed by atoms with Gasteiger partial charge in [0.25, 0.3) is 0 Å². The lowest BCUT2D eigenvalue weighted by molar-refractivity contribution is 0.370. The summed E-state index contributed by atoms with van der Waals surface area (Å²) < 4.78 is 0. The molecule has 1 rings (SSSR count). The van der Waals surface area contributed by atoms with Gasteiger partial charge >= 0.3 is 0 Å². The topological polar surface area (TPSA) is 38.0 Å². The van der Waals surface area contributed by atoms with Crippen LogP contribution in [0.2, 0.25) is 0 Å². The van der Waals surface area contributed by atoms with Gasteiger partial charge in [0.1, 0.15) is 0 Å². The van der Waals surface area contributed by atoms with Crippen molar-refractivity contribution >= 4 is 0 Å². The monoisotopic (exact) mass is 182 g/mol. The molecule has 13 heavy (non-hydrogen) atoms. The first-order chi connectivity index (χ1) is 6.27. The summed E-state index contributed by atoms with van der Waals surface area (Å²) >= 11 is 0. The van der Waals surface area contributed by atoms with Gasteiger partial charge in [0.05, 0.1) is 0 Å². The predicted octanol–water partition coefficient (Wildman–Crippen LogP) is 1.67. The molecule has 0 bridgehead atoms. The van der Waals surface area contributed by atoms with Gasteiger partial charge in [0.15, 0.2) is 0 Å². The highest BCUT2D eigenvalue weighted by molar-refractivity contribution is 4.86. The summed E-state index contributed by atoms with van der Waals surface area (Å²) in [4.78, 5) is 0. The molecule has 2 nitrogen and oxygen atoms in total. The van der Waals surface area contributed by atoms with E-state index in [4.69, 9.17) is 5.73 Å². The Bertz CT molecular complexity index is 156. The van der Waals surface area contributed by atoms with Crippen LogP contribution in [0, 0.1) is 5.92 Å². The molecule has 2 heteroatoms. The number of nitrogens with two attached hydrogens (primary N) is 1. The lowest BCUT2D eigenvalue weighted by Gasteiger charge is -2.23. The van der Waals surface area contributed by atoms with E-state index < -0.39 is 0 Å². The van der Waals surface area contributed by atoms with E-state index in [1.54, 1.807) is 0 Å². The lowest BCUT2D eigenvalue weighted by atomic mass is 10.0. The zero-order valence-electron chi connectivity index (χ0n) is 8.63. The zero-order chi connectivity index (χ0) is 9.68. The van der Waals surface area contributed by atoms with Gasteiger partial charge in [0, 0.05) is 12.1 Å². The van der Waals surface area contributed by atoms with E-state index in [0.29, 0.717) is 18.0 Å². The molecule has 0 heterocycles. The second-order valence-corrected chi connectivity index (χ2v) is 4.13. The van der Waals surface area contributed by atoms with Crippen LogP contribution in [-0.4, -0.2) is 18.6 Å². The molecule has 3 unspecified atom stereocenters. The first-order valence-corrected chi connectivity index (χ1v) is 5.35. The van der Waals surface area contributed by atoms with Gasteiger partial charge < -0.3 is 11.1 Å². The molecule has 0 spiro atoms. The number of rotatable bonds is 5. The third-order valence-corrected chi connectivity index (χ3v) is 2.98. The van der Waals surface area contributed by atoms with Gasteiger partial charge in [-0.15, -0.1) is 6.58 Å². The van der Waals surface area contributed by atoms with Crippen LogP contribution < -0.4 is 11.1 Å². The van der Waals surface area contributed by atoms with Crippen molar-refractivity contribution in [2.45, 2.75) is 44.7 Å². The van der Waals surface area contributed by atoms with Crippen molar-refractivity contribution in [1.29, 1.82) is 0 Å². The maximum atomic E-state index is 5.71. The normalized spacial score (nSPS) is 30.3. The fourth-order valence-corrected chi connectivity index (χ4v) is 2.22. The molecule has 1 fully saturated rings. The molecule has 1 aliphatic carbocycles. The minimum Gasteiger partial charge on any atom is -0.330 e. The minimum atomic E-state index is 0.551. The largest absolute Gasteiger partial charge is 0.330 e. The Morgan fingerprint density at radius 2 is 2.38 bits per heavy atom. The molecular formula is C11H22N2. The predicted molar refractivity (Wildman–Crippen MR) is 57.6 cm³/mol. The Morgan fingerprint density at radius 1 is 1.62 bits per heavy atom. The van der Waals surface area contributed by atoms with Crippen molar-refractivity contribution in [3.05, 3.63) is 12.7 Å². The maximum absolute atomic E-state index is 5.71. The van der Waals surface area contributed by atoms with Crippen molar-refractivity contribution in [3.63, 3.8) is 0 Å². The van der Waals surface area contributed by atoms with Crippen molar-refractivity contribution < 1.29 is 0 Å². The molecule has 1 saturated carbocycles. The Labute approximate surface area is 81.6 Å². The summed E-state index contributed by atoms with van der Waals surface area (Å²) in [6.07, 6.45) is 6.95. The summed E-state index contributed by atoms with van der Waals surface area (Å²) in [7, 11) is 0. The van der Waals surface area contributed by atoms with Crippen molar-refractivity contribution in [3.8, 4) is 0 Å². The lowest BCUT2D eigenvalue weighted by Crippen LogP contribution is -2.40. The van der Waals surface area contributed by atoms with Gasteiger partial charge in [-0.1, -0.05) is 12.5 Å². The summed E-state index contributed by atoms with van der Waals surface area (Å²) in [6, 6.07) is 1.20. The highest BCUT2D eigenvalue weighted by Crippen LogP contribution is 2.25. The van der Waals surface area contributed by atoms with Gasteiger partial charge in [-0.3, -0.25) is 0 Å². The molecule has 0 aliphatic heterocycles. The van der Waals surface area contributed by atoms with Crippen LogP contribution in [0.5, 0.6) is 0 Å². The average Bonchev–Trinajstić information content (AvgIpc) is 2.52. The van der Waals surface area contributed by atoms with E-state index >= 15 is 0 Å². The van der Waals surface area contributed by atoms with E-state index in [2.05, 4.69) is 18.8 Å². The molecular weight excluding hydrogens is 160 g/mol. The summed E-state index contributed by atoms with van der Waals surface area (Å²) in [5, 5.41) is 3.63. The van der Waals surface area contributed by atoms with Crippen LogP contribution in [0.25, 0.3) is 0 Å². The fraction of sp³-hybridized carbons (Fsp3) is 0.818. The molecule has 76 valence electrons. The van der Waals surface area contributed by atoms with E-state index in [-0.39, 0.29) is 0 Å². The zero-order valence-corrected chi connectivity index (χ0v) is 8.63. The molecule has 0 aromatic rings. The SMILES string of the molecule is C=CCC(C)NC1CCCC1CN. The first kappa shape index (κ1) is 10.7. The quantitative estimate of drug-likeness (QED) is 0.635. The number of hydrogen-bond acceptors (Lipinski definition) is 2. The average molecular weight is 182 g/mol. The third kappa shape index (κ3) is 3.12. The van der Waals surface area contributed by atoms with Crippen LogP contribution in [0.3, 0.4) is 0 Å². The molecule has 0 radical (unpaired) electrons. The summed E-state index contributed by atoms with van der Waals surface area (Å²) in [5.41, 5.74) is 5.71. The van der Waals surface area contributed by atoms with E-state index in [1.165, 1.54) is 19.3 Å². The fourth-order valence-electron chi connectivity index (χ4n) is 2.22. The Balaban J connectivity index is 2.30. The van der Waals surface area contributed by atoms with Crippen LogP contribution in [0.1, 0.15) is 32.6 Å².